The van der Waals surface area contributed by atoms with Gasteiger partial charge in [-0.15, -0.1) is 0 Å². The summed E-state index contributed by atoms with van der Waals surface area (Å²) in [4.78, 5) is 0. The number of nitriles is 1. The maximum atomic E-state index is 8.82. The lowest BCUT2D eigenvalue weighted by molar-refractivity contribution is 0.139. The van der Waals surface area contributed by atoms with Crippen molar-refractivity contribution in [2.45, 2.75) is 32.2 Å². The number of rotatable bonds is 6. The minimum absolute atomic E-state index is 0.0251. The van der Waals surface area contributed by atoms with Crippen LogP contribution < -0.4 is 10.1 Å². The topological polar surface area (TPSA) is 72.1 Å². The van der Waals surface area contributed by atoms with Crippen molar-refractivity contribution in [1.82, 2.24) is 15.1 Å². The summed E-state index contributed by atoms with van der Waals surface area (Å²) in [7, 11) is 0. The van der Waals surface area contributed by atoms with E-state index in [2.05, 4.69) is 16.5 Å². The number of hydrogen-bond donors (Lipinski definition) is 1. The van der Waals surface area contributed by atoms with Crippen LogP contribution in [-0.4, -0.2) is 35.1 Å². The number of hydrogen-bond acceptors (Lipinski definition) is 5. The van der Waals surface area contributed by atoms with Crippen LogP contribution in [-0.2, 0) is 17.8 Å². The molecule has 0 radical (unpaired) electrons. The Labute approximate surface area is 135 Å². The molecule has 1 aliphatic heterocycles. The Bertz CT molecular complexity index is 675. The molecular weight excluding hydrogens is 292 g/mol. The highest BCUT2D eigenvalue weighted by atomic mass is 16.5. The predicted molar refractivity (Wildman–Crippen MR) is 84.9 cm³/mol. The molecule has 1 saturated heterocycles. The molecule has 0 aliphatic carbocycles. The van der Waals surface area contributed by atoms with Gasteiger partial charge in [0, 0.05) is 13.1 Å². The van der Waals surface area contributed by atoms with E-state index in [1.807, 2.05) is 42.1 Å². The molecule has 0 spiro atoms. The maximum Gasteiger partial charge on any atom is 0.157 e. The SMILES string of the molecule is CCn1cc(O[C@@H]2COC[C@@H]2NCc2ccc(C#N)cc2)cn1. The van der Waals surface area contributed by atoms with E-state index in [1.54, 1.807) is 6.20 Å². The van der Waals surface area contributed by atoms with E-state index in [4.69, 9.17) is 14.7 Å². The molecule has 0 unspecified atom stereocenters. The van der Waals surface area contributed by atoms with Gasteiger partial charge in [-0.2, -0.15) is 10.4 Å². The van der Waals surface area contributed by atoms with Crippen LogP contribution in [0.25, 0.3) is 0 Å². The van der Waals surface area contributed by atoms with Crippen molar-refractivity contribution in [1.29, 1.82) is 5.26 Å². The van der Waals surface area contributed by atoms with Crippen LogP contribution >= 0.6 is 0 Å². The van der Waals surface area contributed by atoms with Gasteiger partial charge in [-0.05, 0) is 24.6 Å². The molecule has 1 fully saturated rings. The highest BCUT2D eigenvalue weighted by Crippen LogP contribution is 2.17. The first-order valence-corrected chi connectivity index (χ1v) is 7.77. The largest absolute Gasteiger partial charge is 0.483 e. The zero-order valence-electron chi connectivity index (χ0n) is 13.1. The normalized spacial score (nSPS) is 20.3. The fourth-order valence-corrected chi connectivity index (χ4v) is 2.54. The number of benzene rings is 1. The van der Waals surface area contributed by atoms with Gasteiger partial charge in [0.25, 0.3) is 0 Å². The second kappa shape index (κ2) is 7.27. The first-order valence-electron chi connectivity index (χ1n) is 7.77. The first kappa shape index (κ1) is 15.5. The van der Waals surface area contributed by atoms with Crippen molar-refractivity contribution in [3.05, 3.63) is 47.8 Å². The number of ether oxygens (including phenoxy) is 2. The Morgan fingerprint density at radius 3 is 2.91 bits per heavy atom. The van der Waals surface area contributed by atoms with Crippen molar-refractivity contribution in [2.24, 2.45) is 0 Å². The third-order valence-electron chi connectivity index (χ3n) is 3.90. The first-order chi connectivity index (χ1) is 11.3. The van der Waals surface area contributed by atoms with Crippen LogP contribution in [0.15, 0.2) is 36.7 Å². The molecule has 3 rings (SSSR count). The molecule has 0 bridgehead atoms. The summed E-state index contributed by atoms with van der Waals surface area (Å²) in [5, 5.41) is 16.5. The van der Waals surface area contributed by atoms with Crippen molar-refractivity contribution < 1.29 is 9.47 Å². The molecule has 1 aromatic heterocycles. The molecular formula is C17H20N4O2. The highest BCUT2D eigenvalue weighted by molar-refractivity contribution is 5.31. The van der Waals surface area contributed by atoms with Crippen molar-refractivity contribution >= 4 is 0 Å². The van der Waals surface area contributed by atoms with E-state index in [0.29, 0.717) is 25.3 Å². The van der Waals surface area contributed by atoms with Crippen molar-refractivity contribution in [3.8, 4) is 11.8 Å². The number of aryl methyl sites for hydroxylation is 1. The molecule has 6 heteroatoms. The molecule has 2 heterocycles. The van der Waals surface area contributed by atoms with Gasteiger partial charge in [0.1, 0.15) is 6.10 Å². The third-order valence-corrected chi connectivity index (χ3v) is 3.90. The predicted octanol–water partition coefficient (Wildman–Crippen LogP) is 1.71. The lowest BCUT2D eigenvalue weighted by Gasteiger charge is -2.19. The second-order valence-electron chi connectivity index (χ2n) is 5.52. The van der Waals surface area contributed by atoms with E-state index >= 15 is 0 Å². The average Bonchev–Trinajstić information content (AvgIpc) is 3.23. The molecule has 1 N–H and O–H groups in total. The number of nitrogens with zero attached hydrogens (tertiary/aromatic N) is 3. The molecule has 6 nitrogen and oxygen atoms in total. The summed E-state index contributed by atoms with van der Waals surface area (Å²) in [5.74, 6) is 0.771. The van der Waals surface area contributed by atoms with Gasteiger partial charge in [-0.1, -0.05) is 12.1 Å². The number of nitrogens with one attached hydrogen (secondary N) is 1. The minimum Gasteiger partial charge on any atom is -0.483 e. The van der Waals surface area contributed by atoms with Gasteiger partial charge in [-0.3, -0.25) is 4.68 Å². The molecule has 23 heavy (non-hydrogen) atoms. The van der Waals surface area contributed by atoms with E-state index in [9.17, 15) is 0 Å². The average molecular weight is 312 g/mol. The van der Waals surface area contributed by atoms with Crippen LogP contribution in [0.1, 0.15) is 18.1 Å². The van der Waals surface area contributed by atoms with Gasteiger partial charge in [0.05, 0.1) is 43.3 Å². The summed E-state index contributed by atoms with van der Waals surface area (Å²) in [6, 6.07) is 9.84. The van der Waals surface area contributed by atoms with Gasteiger partial charge in [0.2, 0.25) is 0 Å². The van der Waals surface area contributed by atoms with E-state index in [-0.39, 0.29) is 12.1 Å². The molecule has 2 atom stereocenters. The van der Waals surface area contributed by atoms with Gasteiger partial charge >= 0.3 is 0 Å². The van der Waals surface area contributed by atoms with E-state index in [0.717, 1.165) is 17.9 Å². The van der Waals surface area contributed by atoms with Crippen molar-refractivity contribution in [2.75, 3.05) is 13.2 Å². The van der Waals surface area contributed by atoms with Gasteiger partial charge in [0.15, 0.2) is 5.75 Å². The van der Waals surface area contributed by atoms with Crippen LogP contribution in [0.3, 0.4) is 0 Å². The van der Waals surface area contributed by atoms with Gasteiger partial charge < -0.3 is 14.8 Å². The fourth-order valence-electron chi connectivity index (χ4n) is 2.54. The Morgan fingerprint density at radius 1 is 1.39 bits per heavy atom. The van der Waals surface area contributed by atoms with Crippen LogP contribution in [0.4, 0.5) is 0 Å². The van der Waals surface area contributed by atoms with Crippen LogP contribution in [0.2, 0.25) is 0 Å². The van der Waals surface area contributed by atoms with E-state index in [1.165, 1.54) is 0 Å². The zero-order chi connectivity index (χ0) is 16.1. The lowest BCUT2D eigenvalue weighted by Crippen LogP contribution is -2.41. The fraction of sp³-hybridized carbons (Fsp3) is 0.412. The molecule has 1 aromatic carbocycles. The van der Waals surface area contributed by atoms with Gasteiger partial charge in [-0.25, -0.2) is 0 Å². The lowest BCUT2D eigenvalue weighted by atomic mass is 10.1. The highest BCUT2D eigenvalue weighted by Gasteiger charge is 2.30. The Hall–Kier alpha value is -2.36. The minimum atomic E-state index is -0.0251. The summed E-state index contributed by atoms with van der Waals surface area (Å²) in [6.45, 7) is 4.78. The molecule has 1 aliphatic rings. The van der Waals surface area contributed by atoms with E-state index < -0.39 is 0 Å². The third kappa shape index (κ3) is 3.89. The van der Waals surface area contributed by atoms with Crippen molar-refractivity contribution in [3.63, 3.8) is 0 Å². The van der Waals surface area contributed by atoms with Crippen LogP contribution in [0.5, 0.6) is 5.75 Å². The maximum absolute atomic E-state index is 8.82. The summed E-state index contributed by atoms with van der Waals surface area (Å²) in [6.07, 6.45) is 3.61. The summed E-state index contributed by atoms with van der Waals surface area (Å²) >= 11 is 0. The molecule has 0 amide bonds. The quantitative estimate of drug-likeness (QED) is 0.879. The number of aromatic nitrogens is 2. The Balaban J connectivity index is 1.55. The Morgan fingerprint density at radius 2 is 2.22 bits per heavy atom. The van der Waals surface area contributed by atoms with Crippen LogP contribution in [0, 0.1) is 11.3 Å². The molecule has 0 saturated carbocycles. The smallest absolute Gasteiger partial charge is 0.157 e. The summed E-state index contributed by atoms with van der Waals surface area (Å²) in [5.41, 5.74) is 1.81. The molecule has 120 valence electrons. The standard InChI is InChI=1S/C17H20N4O2/c1-2-21-10-15(9-20-21)23-17-12-22-11-16(17)19-8-14-5-3-13(7-18)4-6-14/h3-6,9-10,16-17,19H,2,8,11-12H2,1H3/t16-,17+/m0/s1. The monoisotopic (exact) mass is 312 g/mol. The zero-order valence-corrected chi connectivity index (χ0v) is 13.1. The Kier molecular flexibility index (Phi) is 4.91. The molecule has 2 aromatic rings. The second-order valence-corrected chi connectivity index (χ2v) is 5.52. The summed E-state index contributed by atoms with van der Waals surface area (Å²) < 4.78 is 13.4.